The van der Waals surface area contributed by atoms with Crippen LogP contribution in [0.5, 0.6) is 0 Å². The summed E-state index contributed by atoms with van der Waals surface area (Å²) in [6.07, 6.45) is 2.58. The van der Waals surface area contributed by atoms with Crippen molar-refractivity contribution in [2.75, 3.05) is 13.7 Å². The first-order valence-electron chi connectivity index (χ1n) is 5.69. The Morgan fingerprint density at radius 3 is 2.75 bits per heavy atom. The molecular weight excluding hydrogens is 208 g/mol. The molecule has 1 saturated carbocycles. The second kappa shape index (κ2) is 3.47. The molecule has 1 heterocycles. The zero-order chi connectivity index (χ0) is 12.0. The second-order valence-electron chi connectivity index (χ2n) is 5.53. The average molecular weight is 226 g/mol. The summed E-state index contributed by atoms with van der Waals surface area (Å²) in [5.74, 6) is -0.882. The van der Waals surface area contributed by atoms with E-state index in [4.69, 9.17) is 9.47 Å². The molecule has 0 aromatic heterocycles. The molecule has 0 aromatic carbocycles. The van der Waals surface area contributed by atoms with Crippen LogP contribution in [0.1, 0.15) is 33.1 Å². The lowest BCUT2D eigenvalue weighted by atomic mass is 9.57. The van der Waals surface area contributed by atoms with Crippen molar-refractivity contribution >= 4 is 11.9 Å². The molecule has 2 aliphatic rings. The Balaban J connectivity index is 2.42. The molecule has 0 aromatic rings. The summed E-state index contributed by atoms with van der Waals surface area (Å²) < 4.78 is 9.99. The summed E-state index contributed by atoms with van der Waals surface area (Å²) in [5, 5.41) is 0. The van der Waals surface area contributed by atoms with Gasteiger partial charge in [-0.3, -0.25) is 9.59 Å². The molecule has 0 bridgehead atoms. The van der Waals surface area contributed by atoms with Gasteiger partial charge in [0.05, 0.1) is 13.0 Å². The van der Waals surface area contributed by atoms with E-state index in [1.54, 1.807) is 0 Å². The van der Waals surface area contributed by atoms with Gasteiger partial charge in [0, 0.05) is 0 Å². The van der Waals surface area contributed by atoms with Crippen LogP contribution in [0.4, 0.5) is 0 Å². The van der Waals surface area contributed by atoms with E-state index in [-0.39, 0.29) is 29.9 Å². The summed E-state index contributed by atoms with van der Waals surface area (Å²) in [7, 11) is 1.37. The van der Waals surface area contributed by atoms with Crippen LogP contribution in [-0.4, -0.2) is 25.7 Å². The van der Waals surface area contributed by atoms with Crippen molar-refractivity contribution < 1.29 is 19.1 Å². The highest BCUT2D eigenvalue weighted by Crippen LogP contribution is 2.55. The number of esters is 2. The van der Waals surface area contributed by atoms with Crippen LogP contribution in [0.25, 0.3) is 0 Å². The Bertz CT molecular complexity index is 334. The van der Waals surface area contributed by atoms with Crippen molar-refractivity contribution in [3.05, 3.63) is 0 Å². The maximum absolute atomic E-state index is 11.9. The maximum atomic E-state index is 11.9. The first-order valence-corrected chi connectivity index (χ1v) is 5.69. The first-order chi connectivity index (χ1) is 7.44. The Labute approximate surface area is 95.3 Å². The Kier molecular flexibility index (Phi) is 2.48. The minimum atomic E-state index is -0.729. The summed E-state index contributed by atoms with van der Waals surface area (Å²) in [6.45, 7) is 4.24. The van der Waals surface area contributed by atoms with Gasteiger partial charge in [0.1, 0.15) is 12.0 Å². The number of hydrogen-bond acceptors (Lipinski definition) is 4. The van der Waals surface area contributed by atoms with E-state index in [2.05, 4.69) is 0 Å². The fourth-order valence-corrected chi connectivity index (χ4v) is 3.36. The van der Waals surface area contributed by atoms with E-state index in [9.17, 15) is 9.59 Å². The van der Waals surface area contributed by atoms with Crippen LogP contribution in [-0.2, 0) is 19.1 Å². The van der Waals surface area contributed by atoms with Crippen molar-refractivity contribution in [2.45, 2.75) is 33.1 Å². The molecule has 0 radical (unpaired) electrons. The highest BCUT2D eigenvalue weighted by Gasteiger charge is 2.63. The van der Waals surface area contributed by atoms with Crippen LogP contribution >= 0.6 is 0 Å². The third-order valence-corrected chi connectivity index (χ3v) is 4.08. The molecule has 1 aliphatic carbocycles. The average Bonchev–Trinajstić information content (AvgIpc) is 2.57. The lowest BCUT2D eigenvalue weighted by Gasteiger charge is -2.43. The van der Waals surface area contributed by atoms with Gasteiger partial charge in [0.25, 0.3) is 0 Å². The predicted molar refractivity (Wildman–Crippen MR) is 56.5 cm³/mol. The minimum Gasteiger partial charge on any atom is -0.468 e. The molecule has 4 nitrogen and oxygen atoms in total. The van der Waals surface area contributed by atoms with Gasteiger partial charge in [-0.1, -0.05) is 20.3 Å². The quantitative estimate of drug-likeness (QED) is 0.636. The Morgan fingerprint density at radius 2 is 2.12 bits per heavy atom. The zero-order valence-electron chi connectivity index (χ0n) is 10.0. The summed E-state index contributed by atoms with van der Waals surface area (Å²) in [5.41, 5.74) is -0.909. The Morgan fingerprint density at radius 1 is 1.44 bits per heavy atom. The molecule has 1 saturated heterocycles. The van der Waals surface area contributed by atoms with Crippen molar-refractivity contribution in [1.29, 1.82) is 0 Å². The number of methoxy groups -OCH3 is 1. The summed E-state index contributed by atoms with van der Waals surface area (Å²) in [6, 6.07) is 0. The van der Waals surface area contributed by atoms with E-state index in [0.717, 1.165) is 12.8 Å². The minimum absolute atomic E-state index is 0.181. The van der Waals surface area contributed by atoms with Crippen LogP contribution in [0.3, 0.4) is 0 Å². The largest absolute Gasteiger partial charge is 0.468 e. The van der Waals surface area contributed by atoms with Gasteiger partial charge in [0.2, 0.25) is 0 Å². The van der Waals surface area contributed by atoms with E-state index >= 15 is 0 Å². The van der Waals surface area contributed by atoms with E-state index in [1.807, 2.05) is 13.8 Å². The van der Waals surface area contributed by atoms with Crippen molar-refractivity contribution in [3.8, 4) is 0 Å². The molecule has 0 spiro atoms. The van der Waals surface area contributed by atoms with Crippen molar-refractivity contribution in [1.82, 2.24) is 0 Å². The fraction of sp³-hybridized carbons (Fsp3) is 0.833. The molecule has 4 heteroatoms. The molecule has 0 unspecified atom stereocenters. The first kappa shape index (κ1) is 11.4. The molecule has 1 aliphatic heterocycles. The standard InChI is InChI=1S/C12H18O4/c1-11(2)5-4-6-12(10(14)15-3)7-16-9(13)8(11)12/h8H,4-7H2,1-3H3/t8-,12+/m1/s1. The number of rotatable bonds is 1. The van der Waals surface area contributed by atoms with Crippen molar-refractivity contribution in [2.24, 2.45) is 16.7 Å². The Hall–Kier alpha value is -1.06. The number of cyclic esters (lactones) is 1. The molecule has 2 rings (SSSR count). The molecule has 0 amide bonds. The smallest absolute Gasteiger partial charge is 0.316 e. The number of ether oxygens (including phenoxy) is 2. The highest BCUT2D eigenvalue weighted by molar-refractivity contribution is 5.89. The van der Waals surface area contributed by atoms with Gasteiger partial charge in [-0.25, -0.2) is 0 Å². The third kappa shape index (κ3) is 1.35. The van der Waals surface area contributed by atoms with Gasteiger partial charge >= 0.3 is 11.9 Å². The lowest BCUT2D eigenvalue weighted by molar-refractivity contribution is -0.163. The van der Waals surface area contributed by atoms with Gasteiger partial charge in [0.15, 0.2) is 0 Å². The van der Waals surface area contributed by atoms with Crippen LogP contribution in [0.15, 0.2) is 0 Å². The number of fused-ring (bicyclic) bond motifs is 1. The van der Waals surface area contributed by atoms with Crippen LogP contribution in [0.2, 0.25) is 0 Å². The molecule has 2 atom stereocenters. The molecule has 0 N–H and O–H groups in total. The van der Waals surface area contributed by atoms with E-state index in [0.29, 0.717) is 6.42 Å². The highest BCUT2D eigenvalue weighted by atomic mass is 16.6. The van der Waals surface area contributed by atoms with Gasteiger partial charge in [-0.15, -0.1) is 0 Å². The number of carbonyl (C=O) groups is 2. The van der Waals surface area contributed by atoms with E-state index in [1.165, 1.54) is 7.11 Å². The van der Waals surface area contributed by atoms with Gasteiger partial charge in [-0.05, 0) is 18.3 Å². The second-order valence-corrected chi connectivity index (χ2v) is 5.53. The zero-order valence-corrected chi connectivity index (χ0v) is 10.0. The molecule has 16 heavy (non-hydrogen) atoms. The molecule has 90 valence electrons. The monoisotopic (exact) mass is 226 g/mol. The van der Waals surface area contributed by atoms with Crippen LogP contribution in [0, 0.1) is 16.7 Å². The lowest BCUT2D eigenvalue weighted by Crippen LogP contribution is -2.49. The normalized spacial score (nSPS) is 36.4. The summed E-state index contributed by atoms with van der Waals surface area (Å²) in [4.78, 5) is 23.8. The topological polar surface area (TPSA) is 52.6 Å². The van der Waals surface area contributed by atoms with Gasteiger partial charge in [-0.2, -0.15) is 0 Å². The van der Waals surface area contributed by atoms with Gasteiger partial charge < -0.3 is 9.47 Å². The fourth-order valence-electron chi connectivity index (χ4n) is 3.36. The maximum Gasteiger partial charge on any atom is 0.316 e. The number of carbonyl (C=O) groups excluding carboxylic acids is 2. The SMILES string of the molecule is COC(=O)[C@]12CCCC(C)(C)[C@H]1C(=O)OC2. The summed E-state index contributed by atoms with van der Waals surface area (Å²) >= 11 is 0. The molecule has 2 fully saturated rings. The molecular formula is C12H18O4. The van der Waals surface area contributed by atoms with E-state index < -0.39 is 5.41 Å². The predicted octanol–water partition coefficient (Wildman–Crippen LogP) is 1.53. The third-order valence-electron chi connectivity index (χ3n) is 4.08. The van der Waals surface area contributed by atoms with Crippen molar-refractivity contribution in [3.63, 3.8) is 0 Å². The number of hydrogen-bond donors (Lipinski definition) is 0. The van der Waals surface area contributed by atoms with Crippen LogP contribution < -0.4 is 0 Å².